The van der Waals surface area contributed by atoms with Crippen LogP contribution in [0.25, 0.3) is 0 Å². The second kappa shape index (κ2) is 16.5. The van der Waals surface area contributed by atoms with Gasteiger partial charge in [-0.15, -0.1) is 0 Å². The van der Waals surface area contributed by atoms with Crippen molar-refractivity contribution in [2.24, 2.45) is 11.7 Å². The maximum atomic E-state index is 14.0. The van der Waals surface area contributed by atoms with Crippen molar-refractivity contribution in [1.82, 2.24) is 21.3 Å². The van der Waals surface area contributed by atoms with E-state index in [1.807, 2.05) is 0 Å². The predicted molar refractivity (Wildman–Crippen MR) is 152 cm³/mol. The van der Waals surface area contributed by atoms with Crippen LogP contribution in [0.5, 0.6) is 5.75 Å². The zero-order valence-electron chi connectivity index (χ0n) is 23.9. The largest absolute Gasteiger partial charge is 0.508 e. The van der Waals surface area contributed by atoms with Crippen LogP contribution in [-0.2, 0) is 32.0 Å². The molecule has 236 valence electrons. The molecule has 0 bridgehead atoms. The number of amides is 3. The van der Waals surface area contributed by atoms with E-state index in [1.54, 1.807) is 56.3 Å². The molecule has 0 saturated carbocycles. The van der Waals surface area contributed by atoms with Crippen molar-refractivity contribution in [3.63, 3.8) is 0 Å². The zero-order chi connectivity index (χ0) is 32.2. The fourth-order valence-electron chi connectivity index (χ4n) is 4.11. The summed E-state index contributed by atoms with van der Waals surface area (Å²) in [4.78, 5) is 49.3. The molecule has 0 unspecified atom stereocenters. The van der Waals surface area contributed by atoms with Gasteiger partial charge in [0.2, 0.25) is 17.7 Å². The number of benzene rings is 2. The number of phenolic OH excluding ortho intramolecular Hbond substituents is 1. The Balaban J connectivity index is 2.04. The first-order valence-corrected chi connectivity index (χ1v) is 13.6. The molecule has 0 saturated heterocycles. The minimum absolute atomic E-state index is 0.0349. The Bertz CT molecular complexity index is 1210. The van der Waals surface area contributed by atoms with Crippen LogP contribution in [0.15, 0.2) is 54.6 Å². The molecule has 0 fully saturated rings. The molecule has 2 aromatic carbocycles. The van der Waals surface area contributed by atoms with E-state index < -0.39 is 67.1 Å². The summed E-state index contributed by atoms with van der Waals surface area (Å²) < 4.78 is 42.0. The number of carbonyl (C=O) groups is 4. The van der Waals surface area contributed by atoms with Gasteiger partial charge >= 0.3 is 12.1 Å². The average Bonchev–Trinajstić information content (AvgIpc) is 2.93. The van der Waals surface area contributed by atoms with Crippen LogP contribution in [0.2, 0.25) is 0 Å². The van der Waals surface area contributed by atoms with Crippen molar-refractivity contribution in [2.75, 3.05) is 13.1 Å². The first kappa shape index (κ1) is 35.0. The third-order valence-electron chi connectivity index (χ3n) is 6.37. The van der Waals surface area contributed by atoms with E-state index in [4.69, 9.17) is 5.73 Å². The SMILES string of the molecule is CC(C)C[C@H](NC(=O)[C@H](Cc1ccccc1)N[C@@H](CNC(=O)CNC(=O)[C@@H](N)Cc1ccc(O)cc1)C(F)(F)F)C(=O)O. The third-order valence-corrected chi connectivity index (χ3v) is 6.37. The summed E-state index contributed by atoms with van der Waals surface area (Å²) in [7, 11) is 0. The molecule has 43 heavy (non-hydrogen) atoms. The highest BCUT2D eigenvalue weighted by Gasteiger charge is 2.42. The summed E-state index contributed by atoms with van der Waals surface area (Å²) in [6.45, 7) is 1.88. The van der Waals surface area contributed by atoms with E-state index in [0.29, 0.717) is 11.1 Å². The number of carboxylic acids is 1. The molecule has 3 amide bonds. The van der Waals surface area contributed by atoms with Crippen LogP contribution < -0.4 is 27.0 Å². The number of nitrogens with two attached hydrogens (primary N) is 1. The van der Waals surface area contributed by atoms with Crippen LogP contribution in [0.3, 0.4) is 0 Å². The number of aliphatic carboxylic acids is 1. The lowest BCUT2D eigenvalue weighted by molar-refractivity contribution is -0.159. The van der Waals surface area contributed by atoms with E-state index in [9.17, 15) is 42.6 Å². The molecule has 2 aromatic rings. The van der Waals surface area contributed by atoms with Gasteiger partial charge in [0.1, 0.15) is 17.8 Å². The van der Waals surface area contributed by atoms with Gasteiger partial charge in [-0.1, -0.05) is 56.3 Å². The van der Waals surface area contributed by atoms with E-state index in [0.717, 1.165) is 0 Å². The smallest absolute Gasteiger partial charge is 0.405 e. The Labute approximate surface area is 247 Å². The fraction of sp³-hybridized carbons (Fsp3) is 0.448. The zero-order valence-corrected chi connectivity index (χ0v) is 23.9. The Kier molecular flexibility index (Phi) is 13.4. The second-order valence-corrected chi connectivity index (χ2v) is 10.5. The van der Waals surface area contributed by atoms with Crippen molar-refractivity contribution in [3.8, 4) is 5.75 Å². The molecular weight excluding hydrogens is 571 g/mol. The van der Waals surface area contributed by atoms with Gasteiger partial charge in [0.25, 0.3) is 0 Å². The monoisotopic (exact) mass is 609 g/mol. The molecule has 0 aromatic heterocycles. The number of halogens is 3. The van der Waals surface area contributed by atoms with Gasteiger partial charge in [0.05, 0.1) is 18.6 Å². The fourth-order valence-corrected chi connectivity index (χ4v) is 4.11. The lowest BCUT2D eigenvalue weighted by Crippen LogP contribution is -2.59. The van der Waals surface area contributed by atoms with E-state index in [-0.39, 0.29) is 30.9 Å². The Morgan fingerprint density at radius 1 is 0.860 bits per heavy atom. The third kappa shape index (κ3) is 12.7. The van der Waals surface area contributed by atoms with E-state index in [2.05, 4.69) is 21.3 Å². The molecule has 0 aliphatic carbocycles. The number of phenols is 1. The molecular formula is C29H38F3N5O6. The van der Waals surface area contributed by atoms with Gasteiger partial charge < -0.3 is 31.9 Å². The molecule has 14 heteroatoms. The van der Waals surface area contributed by atoms with Gasteiger partial charge in [0, 0.05) is 6.54 Å². The molecule has 0 heterocycles. The minimum atomic E-state index is -4.90. The van der Waals surface area contributed by atoms with Crippen molar-refractivity contribution in [1.29, 1.82) is 0 Å². The number of aromatic hydroxyl groups is 1. The van der Waals surface area contributed by atoms with Crippen LogP contribution in [0.4, 0.5) is 13.2 Å². The molecule has 0 radical (unpaired) electrons. The lowest BCUT2D eigenvalue weighted by atomic mass is 10.0. The lowest BCUT2D eigenvalue weighted by Gasteiger charge is -2.28. The molecule has 8 N–H and O–H groups in total. The highest BCUT2D eigenvalue weighted by molar-refractivity contribution is 5.88. The minimum Gasteiger partial charge on any atom is -0.508 e. The first-order chi connectivity index (χ1) is 20.1. The normalized spacial score (nSPS) is 14.3. The summed E-state index contributed by atoms with van der Waals surface area (Å²) in [6, 6.07) is 7.97. The number of hydrogen-bond acceptors (Lipinski definition) is 7. The maximum Gasteiger partial charge on any atom is 0.405 e. The first-order valence-electron chi connectivity index (χ1n) is 13.6. The Morgan fingerprint density at radius 3 is 2.02 bits per heavy atom. The van der Waals surface area contributed by atoms with Gasteiger partial charge in [0.15, 0.2) is 0 Å². The van der Waals surface area contributed by atoms with Crippen molar-refractivity contribution < 1.29 is 42.6 Å². The van der Waals surface area contributed by atoms with Crippen molar-refractivity contribution >= 4 is 23.7 Å². The van der Waals surface area contributed by atoms with Gasteiger partial charge in [-0.2, -0.15) is 13.2 Å². The molecule has 0 spiro atoms. The number of alkyl halides is 3. The summed E-state index contributed by atoms with van der Waals surface area (Å²) in [5.74, 6) is -3.95. The van der Waals surface area contributed by atoms with Crippen LogP contribution >= 0.6 is 0 Å². The highest BCUT2D eigenvalue weighted by atomic mass is 19.4. The number of hydrogen-bond donors (Lipinski definition) is 7. The Morgan fingerprint density at radius 2 is 1.47 bits per heavy atom. The summed E-state index contributed by atoms with van der Waals surface area (Å²) in [5.41, 5.74) is 7.02. The van der Waals surface area contributed by atoms with E-state index in [1.165, 1.54) is 12.1 Å². The Hall–Kier alpha value is -4.17. The van der Waals surface area contributed by atoms with Crippen molar-refractivity contribution in [2.45, 2.75) is 63.5 Å². The van der Waals surface area contributed by atoms with Crippen LogP contribution in [-0.4, -0.2) is 77.3 Å². The summed E-state index contributed by atoms with van der Waals surface area (Å²) >= 11 is 0. The van der Waals surface area contributed by atoms with Crippen molar-refractivity contribution in [3.05, 3.63) is 65.7 Å². The molecule has 11 nitrogen and oxygen atoms in total. The number of rotatable bonds is 16. The summed E-state index contributed by atoms with van der Waals surface area (Å²) in [5, 5.41) is 27.8. The number of carbonyl (C=O) groups excluding carboxylic acids is 3. The van der Waals surface area contributed by atoms with Gasteiger partial charge in [-0.25, -0.2) is 4.79 Å². The second-order valence-electron chi connectivity index (χ2n) is 10.5. The number of carboxylic acid groups (broad SMARTS) is 1. The molecule has 4 atom stereocenters. The van der Waals surface area contributed by atoms with Gasteiger partial charge in [-0.05, 0) is 48.4 Å². The molecule has 2 rings (SSSR count). The maximum absolute atomic E-state index is 14.0. The molecule has 0 aliphatic rings. The average molecular weight is 610 g/mol. The van der Waals surface area contributed by atoms with Crippen LogP contribution in [0, 0.1) is 5.92 Å². The predicted octanol–water partition coefficient (Wildman–Crippen LogP) is 1.24. The quantitative estimate of drug-likeness (QED) is 0.148. The topological polar surface area (TPSA) is 183 Å². The van der Waals surface area contributed by atoms with Crippen LogP contribution in [0.1, 0.15) is 31.4 Å². The van der Waals surface area contributed by atoms with E-state index >= 15 is 0 Å². The number of nitrogens with one attached hydrogen (secondary N) is 4. The summed E-state index contributed by atoms with van der Waals surface area (Å²) in [6.07, 6.45) is -4.92. The standard InChI is InChI=1S/C29H38F3N5O6/c1-17(2)12-23(28(42)43)37-27(41)22(14-18-6-4-3-5-7-18)36-24(29(30,31)32)15-34-25(39)16-35-26(40)21(33)13-19-8-10-20(38)11-9-19/h3-11,17,21-24,36,38H,12-16,33H2,1-2H3,(H,34,39)(H,35,40)(H,37,41)(H,42,43)/t21-,22-,23-,24-/m0/s1. The molecule has 0 aliphatic heterocycles. The highest BCUT2D eigenvalue weighted by Crippen LogP contribution is 2.21. The van der Waals surface area contributed by atoms with Gasteiger partial charge in [-0.3, -0.25) is 19.7 Å².